The largest absolute Gasteiger partial charge is 0.349 e. The Balaban J connectivity index is 0. The summed E-state index contributed by atoms with van der Waals surface area (Å²) < 4.78 is 0. The molecule has 0 saturated carbocycles. The van der Waals surface area contributed by atoms with Gasteiger partial charge in [-0.2, -0.15) is 0 Å². The van der Waals surface area contributed by atoms with Crippen LogP contribution >= 0.6 is 0 Å². The van der Waals surface area contributed by atoms with Gasteiger partial charge in [-0.1, -0.05) is 21.3 Å². The van der Waals surface area contributed by atoms with Gasteiger partial charge in [-0.3, -0.25) is 4.79 Å². The van der Waals surface area contributed by atoms with Crippen LogP contribution in [-0.2, 0) is 4.79 Å². The summed E-state index contributed by atoms with van der Waals surface area (Å²) in [5.74, 6) is 0.315. The smallest absolute Gasteiger partial charge is 0.224 e. The first-order valence-electron chi connectivity index (χ1n) is 2.77. The average Bonchev–Trinajstić information content (AvgIpc) is 1.64. The molecule has 0 bridgehead atoms. The van der Waals surface area contributed by atoms with E-state index in [9.17, 15) is 4.79 Å². The van der Waals surface area contributed by atoms with Gasteiger partial charge in [0.1, 0.15) is 0 Å². The lowest BCUT2D eigenvalue weighted by Gasteiger charge is -2.11. The van der Waals surface area contributed by atoms with Gasteiger partial charge in [-0.15, -0.1) is 0 Å². The van der Waals surface area contributed by atoms with E-state index in [0.717, 1.165) is 0 Å². The van der Waals surface area contributed by atoms with Crippen LogP contribution < -0.4 is 0 Å². The van der Waals surface area contributed by atoms with Gasteiger partial charge in [0.2, 0.25) is 5.91 Å². The number of rotatable bonds is 1. The summed E-state index contributed by atoms with van der Waals surface area (Å²) in [7, 11) is 3.53. The zero-order chi connectivity index (χ0) is 6.73. The van der Waals surface area contributed by atoms with E-state index in [1.807, 2.05) is 13.8 Å². The maximum atomic E-state index is 10.8. The molecule has 0 aromatic heterocycles. The monoisotopic (exact) mass is 131 g/mol. The maximum Gasteiger partial charge on any atom is 0.224 e. The van der Waals surface area contributed by atoms with Crippen LogP contribution in [0, 0.1) is 5.92 Å². The molecule has 0 spiro atoms. The summed E-state index contributed by atoms with van der Waals surface area (Å²) in [6.45, 7) is 3.78. The Morgan fingerprint density at radius 3 is 1.67 bits per heavy atom. The Kier molecular flexibility index (Phi) is 5.47. The van der Waals surface area contributed by atoms with E-state index in [0.29, 0.717) is 0 Å². The molecular weight excluding hydrogens is 114 g/mol. The molecule has 0 unspecified atom stereocenters. The van der Waals surface area contributed by atoms with Crippen LogP contribution in [0.4, 0.5) is 0 Å². The zero-order valence-electron chi connectivity index (χ0n) is 5.93. The number of hydrogen-bond donors (Lipinski definition) is 0. The molecule has 0 saturated heterocycles. The highest BCUT2D eigenvalue weighted by atomic mass is 16.2. The minimum Gasteiger partial charge on any atom is -0.349 e. The van der Waals surface area contributed by atoms with Crippen molar-refractivity contribution in [1.29, 1.82) is 0 Å². The second kappa shape index (κ2) is 4.36. The number of nitrogens with zero attached hydrogens (tertiary/aromatic N) is 1. The minimum absolute atomic E-state index is 0. The molecule has 0 radical (unpaired) electrons. The van der Waals surface area contributed by atoms with E-state index in [1.54, 1.807) is 19.0 Å². The van der Waals surface area contributed by atoms with Crippen molar-refractivity contribution in [2.24, 2.45) is 5.92 Å². The zero-order valence-corrected chi connectivity index (χ0v) is 5.93. The van der Waals surface area contributed by atoms with Crippen molar-refractivity contribution < 1.29 is 4.79 Å². The molecule has 1 amide bonds. The molecule has 0 aliphatic heterocycles. The van der Waals surface area contributed by atoms with Gasteiger partial charge in [0, 0.05) is 20.0 Å². The molecule has 0 aliphatic rings. The van der Waals surface area contributed by atoms with E-state index in [2.05, 4.69) is 0 Å². The molecule has 0 fully saturated rings. The lowest BCUT2D eigenvalue weighted by Crippen LogP contribution is -2.26. The maximum absolute atomic E-state index is 10.8. The number of carbonyl (C=O) groups excluding carboxylic acids is 1. The molecule has 0 heterocycles. The van der Waals surface area contributed by atoms with Crippen molar-refractivity contribution in [3.8, 4) is 0 Å². The third kappa shape index (κ3) is 4.01. The fourth-order valence-electron chi connectivity index (χ4n) is 0.516. The van der Waals surface area contributed by atoms with Crippen LogP contribution in [0.1, 0.15) is 21.3 Å². The van der Waals surface area contributed by atoms with Crippen molar-refractivity contribution >= 4 is 5.91 Å². The highest BCUT2D eigenvalue weighted by Gasteiger charge is 2.06. The van der Waals surface area contributed by atoms with E-state index in [1.165, 1.54) is 0 Å². The van der Waals surface area contributed by atoms with Gasteiger partial charge in [0.05, 0.1) is 0 Å². The third-order valence-corrected chi connectivity index (χ3v) is 0.935. The molecule has 0 N–H and O–H groups in total. The molecular formula is C7H17NO. The quantitative estimate of drug-likeness (QED) is 0.526. The Labute approximate surface area is 57.9 Å². The summed E-state index contributed by atoms with van der Waals surface area (Å²) in [5, 5.41) is 0. The van der Waals surface area contributed by atoms with Crippen LogP contribution in [0.3, 0.4) is 0 Å². The van der Waals surface area contributed by atoms with Crippen LogP contribution in [-0.4, -0.2) is 24.9 Å². The summed E-state index contributed by atoms with van der Waals surface area (Å²) >= 11 is 0. The lowest BCUT2D eigenvalue weighted by molar-refractivity contribution is -0.131. The molecule has 56 valence electrons. The number of amides is 1. The average molecular weight is 131 g/mol. The van der Waals surface area contributed by atoms with E-state index < -0.39 is 0 Å². The number of hydrogen-bond acceptors (Lipinski definition) is 1. The fraction of sp³-hybridized carbons (Fsp3) is 0.857. The molecule has 0 atom stereocenters. The summed E-state index contributed by atoms with van der Waals surface area (Å²) in [5.41, 5.74) is 0. The Bertz CT molecular complexity index is 76.9. The van der Waals surface area contributed by atoms with Crippen molar-refractivity contribution in [2.45, 2.75) is 21.3 Å². The second-order valence-electron chi connectivity index (χ2n) is 2.39. The SMILES string of the molecule is C.CC(C)C(=O)N(C)C. The van der Waals surface area contributed by atoms with Gasteiger partial charge < -0.3 is 4.90 Å². The molecule has 0 aromatic carbocycles. The second-order valence-corrected chi connectivity index (χ2v) is 2.39. The molecule has 9 heavy (non-hydrogen) atoms. The molecule has 2 nitrogen and oxygen atoms in total. The molecule has 0 aliphatic carbocycles. The predicted octanol–water partition coefficient (Wildman–Crippen LogP) is 1.37. The van der Waals surface area contributed by atoms with Crippen LogP contribution in [0.25, 0.3) is 0 Å². The first-order chi connectivity index (χ1) is 3.55. The first kappa shape index (κ1) is 11.3. The van der Waals surface area contributed by atoms with Gasteiger partial charge in [0.15, 0.2) is 0 Å². The van der Waals surface area contributed by atoms with Gasteiger partial charge in [-0.05, 0) is 0 Å². The molecule has 2 heteroatoms. The summed E-state index contributed by atoms with van der Waals surface area (Å²) in [4.78, 5) is 12.4. The van der Waals surface area contributed by atoms with E-state index in [4.69, 9.17) is 0 Å². The van der Waals surface area contributed by atoms with Crippen molar-refractivity contribution in [2.75, 3.05) is 14.1 Å². The van der Waals surface area contributed by atoms with Crippen LogP contribution in [0.15, 0.2) is 0 Å². The van der Waals surface area contributed by atoms with E-state index >= 15 is 0 Å². The predicted molar refractivity (Wildman–Crippen MR) is 40.3 cm³/mol. The summed E-state index contributed by atoms with van der Waals surface area (Å²) in [6.07, 6.45) is 0. The minimum atomic E-state index is 0. The highest BCUT2D eigenvalue weighted by molar-refractivity contribution is 5.77. The normalized spacial score (nSPS) is 8.56. The Morgan fingerprint density at radius 1 is 1.33 bits per heavy atom. The van der Waals surface area contributed by atoms with Gasteiger partial charge in [-0.25, -0.2) is 0 Å². The van der Waals surface area contributed by atoms with Gasteiger partial charge >= 0.3 is 0 Å². The fourth-order valence-corrected chi connectivity index (χ4v) is 0.516. The van der Waals surface area contributed by atoms with Crippen LogP contribution in [0.2, 0.25) is 0 Å². The molecule has 0 rings (SSSR count). The highest BCUT2D eigenvalue weighted by Crippen LogP contribution is 1.94. The summed E-state index contributed by atoms with van der Waals surface area (Å²) in [6, 6.07) is 0. The standard InChI is InChI=1S/C6H13NO.CH4/c1-5(2)6(8)7(3)4;/h5H,1-4H3;1H4. The van der Waals surface area contributed by atoms with Crippen molar-refractivity contribution in [3.63, 3.8) is 0 Å². The number of carbonyl (C=O) groups is 1. The van der Waals surface area contributed by atoms with Crippen molar-refractivity contribution in [3.05, 3.63) is 0 Å². The Hall–Kier alpha value is -0.530. The van der Waals surface area contributed by atoms with Crippen LogP contribution in [0.5, 0.6) is 0 Å². The topological polar surface area (TPSA) is 20.3 Å². The molecule has 0 aromatic rings. The first-order valence-corrected chi connectivity index (χ1v) is 2.77. The lowest BCUT2D eigenvalue weighted by atomic mass is 10.2. The Morgan fingerprint density at radius 2 is 1.67 bits per heavy atom. The van der Waals surface area contributed by atoms with Crippen molar-refractivity contribution in [1.82, 2.24) is 4.90 Å². The third-order valence-electron chi connectivity index (χ3n) is 0.935. The van der Waals surface area contributed by atoms with E-state index in [-0.39, 0.29) is 19.3 Å². The van der Waals surface area contributed by atoms with Gasteiger partial charge in [0.25, 0.3) is 0 Å².